The van der Waals surface area contributed by atoms with Crippen LogP contribution in [0.15, 0.2) is 0 Å². The molecule has 0 aromatic rings. The number of hydrogen-bond acceptors (Lipinski definition) is 12. The Kier molecular flexibility index (Phi) is 6.04. The predicted octanol–water partition coefficient (Wildman–Crippen LogP) is 1.41. The number of aliphatic hydroxyl groups is 2. The second-order valence-corrected chi connectivity index (χ2v) is 16.5. The number of carbonyl (C=O) groups excluding carboxylic acids is 4. The quantitative estimate of drug-likeness (QED) is 0.257. The number of fused-ring (bicyclic) bond motifs is 9. The zero-order valence-corrected chi connectivity index (χ0v) is 27.8. The summed E-state index contributed by atoms with van der Waals surface area (Å²) in [4.78, 5) is 53.4. The van der Waals surface area contributed by atoms with E-state index in [0.29, 0.717) is 6.42 Å². The van der Waals surface area contributed by atoms with Crippen molar-refractivity contribution in [2.24, 2.45) is 63.6 Å². The van der Waals surface area contributed by atoms with Crippen LogP contribution >= 0.6 is 0 Å². The molecule has 0 radical (unpaired) electrons. The average Bonchev–Trinajstić information content (AvgIpc) is 3.86. The first-order valence-electron chi connectivity index (χ1n) is 16.7. The molecule has 0 unspecified atom stereocenters. The number of aliphatic hydroxyl groups excluding tert-OH is 1. The van der Waals surface area contributed by atoms with Crippen LogP contribution in [0.25, 0.3) is 0 Å². The van der Waals surface area contributed by atoms with E-state index in [4.69, 9.17) is 28.4 Å². The lowest BCUT2D eigenvalue weighted by molar-refractivity contribution is -0.254. The van der Waals surface area contributed by atoms with Crippen LogP contribution in [-0.4, -0.2) is 95.1 Å². The number of rotatable bonds is 3. The summed E-state index contributed by atoms with van der Waals surface area (Å²) in [5.74, 6) is -7.26. The first-order chi connectivity index (χ1) is 21.4. The van der Waals surface area contributed by atoms with Crippen molar-refractivity contribution >= 4 is 23.7 Å². The van der Waals surface area contributed by atoms with Crippen molar-refractivity contribution in [2.45, 2.75) is 116 Å². The molecule has 2 N–H and O–H groups in total. The maximum absolute atomic E-state index is 14.6. The van der Waals surface area contributed by atoms with Crippen LogP contribution in [0.3, 0.4) is 0 Å². The Morgan fingerprint density at radius 2 is 1.52 bits per heavy atom. The number of ketones is 1. The van der Waals surface area contributed by atoms with Gasteiger partial charge in [-0.2, -0.15) is 0 Å². The van der Waals surface area contributed by atoms with Crippen LogP contribution in [0.2, 0.25) is 0 Å². The lowest BCUT2D eigenvalue weighted by atomic mass is 9.39. The van der Waals surface area contributed by atoms with Crippen molar-refractivity contribution in [3.05, 3.63) is 0 Å². The number of epoxide rings is 2. The number of Topliss-reactive ketones (excluding diaryl/α,β-unsaturated/α-hetero) is 1. The summed E-state index contributed by atoms with van der Waals surface area (Å²) in [6, 6.07) is 0. The van der Waals surface area contributed by atoms with Crippen molar-refractivity contribution in [2.75, 3.05) is 7.11 Å². The summed E-state index contributed by atoms with van der Waals surface area (Å²) in [5, 5.41) is 24.7. The van der Waals surface area contributed by atoms with Crippen LogP contribution in [-0.2, 0) is 47.6 Å². The summed E-state index contributed by atoms with van der Waals surface area (Å²) in [7, 11) is 1.51. The fourth-order valence-corrected chi connectivity index (χ4v) is 13.4. The minimum absolute atomic E-state index is 0.117. The number of ether oxygens (including phenoxy) is 6. The number of hydrogen-bond donors (Lipinski definition) is 2. The van der Waals surface area contributed by atoms with Crippen molar-refractivity contribution in [1.82, 2.24) is 0 Å². The SMILES string of the molecule is CO[C@H]1C(=O)[C@H]2C[C@@H]3O[C@@H]3[C@H](OC(C)=O)[C@]2(C)[C@H]2[C@H](C)[C@H](OC(C)=O)[C@@]3(C)[C@@H]([C@@H](O)[C@@H]4[C@@H]3[C@H](C)[C@H]3O[C@]35OC(=O)[C@@](C)(O)[C@]45C)[C@@H]21. The normalized spacial score (nSPS) is 61.8. The van der Waals surface area contributed by atoms with Gasteiger partial charge in [0.15, 0.2) is 11.4 Å². The summed E-state index contributed by atoms with van der Waals surface area (Å²) in [6.45, 7) is 13.9. The Balaban J connectivity index is 1.36. The molecule has 46 heavy (non-hydrogen) atoms. The van der Waals surface area contributed by atoms with Crippen LogP contribution < -0.4 is 0 Å². The lowest BCUT2D eigenvalue weighted by Gasteiger charge is -2.66. The highest BCUT2D eigenvalue weighted by Gasteiger charge is 2.92. The summed E-state index contributed by atoms with van der Waals surface area (Å²) in [6.07, 6.45) is -4.18. The molecule has 254 valence electrons. The van der Waals surface area contributed by atoms with Gasteiger partial charge in [0.25, 0.3) is 0 Å². The first kappa shape index (κ1) is 31.2. The van der Waals surface area contributed by atoms with Gasteiger partial charge in [-0.15, -0.1) is 0 Å². The monoisotopic (exact) mass is 646 g/mol. The number of methoxy groups -OCH3 is 1. The molecule has 5 saturated carbocycles. The van der Waals surface area contributed by atoms with Gasteiger partial charge >= 0.3 is 17.9 Å². The fraction of sp³-hybridized carbons (Fsp3) is 0.882. The van der Waals surface area contributed by atoms with Gasteiger partial charge in [-0.05, 0) is 43.9 Å². The molecular weight excluding hydrogens is 600 g/mol. The predicted molar refractivity (Wildman–Crippen MR) is 154 cm³/mol. The second kappa shape index (κ2) is 8.91. The summed E-state index contributed by atoms with van der Waals surface area (Å²) in [5.41, 5.74) is -5.21. The Bertz CT molecular complexity index is 1440. The van der Waals surface area contributed by atoms with Crippen molar-refractivity contribution in [1.29, 1.82) is 0 Å². The van der Waals surface area contributed by atoms with E-state index >= 15 is 0 Å². The fourth-order valence-electron chi connectivity index (χ4n) is 13.4. The molecule has 20 atom stereocenters. The van der Waals surface area contributed by atoms with Crippen molar-refractivity contribution in [3.8, 4) is 0 Å². The Morgan fingerprint density at radius 1 is 0.891 bits per heavy atom. The van der Waals surface area contributed by atoms with E-state index in [-0.39, 0.29) is 29.8 Å². The molecule has 12 heteroatoms. The highest BCUT2D eigenvalue weighted by Crippen LogP contribution is 2.81. The zero-order valence-electron chi connectivity index (χ0n) is 27.8. The van der Waals surface area contributed by atoms with Gasteiger partial charge in [-0.1, -0.05) is 27.7 Å². The Labute approximate surface area is 268 Å². The van der Waals surface area contributed by atoms with Crippen molar-refractivity contribution in [3.63, 3.8) is 0 Å². The van der Waals surface area contributed by atoms with Gasteiger partial charge in [0, 0.05) is 55.5 Å². The standard InChI is InChI=1S/C34H46O12/c1-11-18-17(25(41-9)22(37)15-10-16-24(44-16)28(30(15,18)5)43-14(4)36)20-23(38)21-19(31(20,6)26(11)42-13(3)35)12(2)27-34(45-27)32(21,7)33(8,40)29(39)46-34/h11-12,15-21,23-28,38,40H,10H2,1-9H3/t11-,12-,15+,16-,17+,18-,19-,20+,21-,23+,24-,25+,26-,27+,28-,30-,31+,32-,33+,34-/m0/s1. The molecule has 0 aromatic heterocycles. The highest BCUT2D eigenvalue weighted by atomic mass is 16.8. The summed E-state index contributed by atoms with van der Waals surface area (Å²) >= 11 is 0. The molecule has 5 aliphatic carbocycles. The topological polar surface area (TPSA) is 171 Å². The Morgan fingerprint density at radius 3 is 2.13 bits per heavy atom. The largest absolute Gasteiger partial charge is 0.462 e. The second-order valence-electron chi connectivity index (χ2n) is 16.5. The molecule has 3 aliphatic heterocycles. The third-order valence-electron chi connectivity index (χ3n) is 15.0. The van der Waals surface area contributed by atoms with Gasteiger partial charge in [0.2, 0.25) is 5.79 Å². The molecule has 1 spiro atoms. The highest BCUT2D eigenvalue weighted by molar-refractivity contribution is 5.88. The van der Waals surface area contributed by atoms with Crippen LogP contribution in [0.4, 0.5) is 0 Å². The third-order valence-corrected chi connectivity index (χ3v) is 15.0. The summed E-state index contributed by atoms with van der Waals surface area (Å²) < 4.78 is 36.5. The number of carbonyl (C=O) groups is 4. The van der Waals surface area contributed by atoms with Gasteiger partial charge in [-0.25, -0.2) is 4.79 Å². The van der Waals surface area contributed by atoms with Gasteiger partial charge in [0.05, 0.1) is 17.6 Å². The maximum atomic E-state index is 14.6. The molecular formula is C34H46O12. The molecule has 0 aromatic carbocycles. The van der Waals surface area contributed by atoms with Gasteiger partial charge in [0.1, 0.15) is 30.5 Å². The lowest BCUT2D eigenvalue weighted by Crippen LogP contribution is -2.72. The Hall–Kier alpha value is -2.12. The molecule has 8 fully saturated rings. The van der Waals surface area contributed by atoms with Crippen molar-refractivity contribution < 1.29 is 57.8 Å². The molecule has 3 saturated heterocycles. The molecule has 0 amide bonds. The molecule has 8 aliphatic rings. The van der Waals surface area contributed by atoms with E-state index in [0.717, 1.165) is 0 Å². The first-order valence-corrected chi connectivity index (χ1v) is 16.7. The van der Waals surface area contributed by atoms with E-state index in [1.807, 2.05) is 27.7 Å². The van der Waals surface area contributed by atoms with E-state index < -0.39 is 112 Å². The molecule has 0 bridgehead atoms. The third kappa shape index (κ3) is 3.12. The smallest absolute Gasteiger partial charge is 0.341 e. The molecule has 12 nitrogen and oxygen atoms in total. The zero-order chi connectivity index (χ0) is 33.4. The molecule has 8 rings (SSSR count). The van der Waals surface area contributed by atoms with E-state index in [2.05, 4.69) is 0 Å². The molecule has 3 heterocycles. The maximum Gasteiger partial charge on any atom is 0.341 e. The van der Waals surface area contributed by atoms with Gasteiger partial charge in [-0.3, -0.25) is 14.4 Å². The van der Waals surface area contributed by atoms with E-state index in [9.17, 15) is 29.4 Å². The van der Waals surface area contributed by atoms with E-state index in [1.165, 1.54) is 27.9 Å². The van der Waals surface area contributed by atoms with Crippen LogP contribution in [0, 0.1) is 63.6 Å². The number of esters is 3. The minimum atomic E-state index is -1.99. The van der Waals surface area contributed by atoms with Crippen LogP contribution in [0.1, 0.15) is 61.8 Å². The average molecular weight is 647 g/mol. The van der Waals surface area contributed by atoms with E-state index in [1.54, 1.807) is 6.92 Å². The minimum Gasteiger partial charge on any atom is -0.462 e. The van der Waals surface area contributed by atoms with Crippen LogP contribution in [0.5, 0.6) is 0 Å². The van der Waals surface area contributed by atoms with Gasteiger partial charge < -0.3 is 38.6 Å².